The van der Waals surface area contributed by atoms with Crippen LogP contribution in [0.2, 0.25) is 0 Å². The van der Waals surface area contributed by atoms with Crippen molar-refractivity contribution in [3.8, 4) is 54.0 Å². The molecule has 0 aromatic carbocycles. The Bertz CT molecular complexity index is 1030. The van der Waals surface area contributed by atoms with Crippen LogP contribution in [-0.4, -0.2) is 39.6 Å². The van der Waals surface area contributed by atoms with Crippen LogP contribution in [0, 0.1) is 5.41 Å². The first-order chi connectivity index (χ1) is 14.6. The average molecular weight is 465 g/mol. The van der Waals surface area contributed by atoms with Crippen LogP contribution in [0.5, 0.6) is 34.5 Å². The highest BCUT2D eigenvalue weighted by atomic mass is 32.1. The summed E-state index contributed by atoms with van der Waals surface area (Å²) in [6, 6.07) is 0. The Labute approximate surface area is 185 Å². The van der Waals surface area contributed by atoms with Crippen molar-refractivity contribution in [2.75, 3.05) is 39.6 Å². The van der Waals surface area contributed by atoms with Gasteiger partial charge >= 0.3 is 0 Å². The smallest absolute Gasteiger partial charge is 0.181 e. The molecular formula is C21H20O6S3. The van der Waals surface area contributed by atoms with E-state index in [4.69, 9.17) is 28.4 Å². The lowest BCUT2D eigenvalue weighted by molar-refractivity contribution is 0.140. The van der Waals surface area contributed by atoms with Crippen LogP contribution in [0.25, 0.3) is 19.5 Å². The maximum Gasteiger partial charge on any atom is 0.181 e. The van der Waals surface area contributed by atoms with Gasteiger partial charge in [-0.15, -0.1) is 34.0 Å². The molecule has 0 bridgehead atoms. The van der Waals surface area contributed by atoms with Crippen LogP contribution in [0.1, 0.15) is 13.8 Å². The zero-order chi connectivity index (χ0) is 20.3. The first kappa shape index (κ1) is 18.7. The lowest BCUT2D eigenvalue weighted by atomic mass is 9.97. The molecule has 0 spiro atoms. The molecule has 3 aliphatic rings. The highest BCUT2D eigenvalue weighted by Crippen LogP contribution is 2.61. The SMILES string of the molecule is CC1(C)COc2c(-c3scc4c3OCCO4)sc(-c3scc4c3OCCO4)c2OC1. The first-order valence-corrected chi connectivity index (χ1v) is 12.4. The second-order valence-electron chi connectivity index (χ2n) is 8.07. The zero-order valence-electron chi connectivity index (χ0n) is 16.6. The lowest BCUT2D eigenvalue weighted by Crippen LogP contribution is -2.26. The molecule has 6 rings (SSSR count). The predicted molar refractivity (Wildman–Crippen MR) is 118 cm³/mol. The summed E-state index contributed by atoms with van der Waals surface area (Å²) in [7, 11) is 0. The van der Waals surface area contributed by atoms with Crippen molar-refractivity contribution in [1.82, 2.24) is 0 Å². The Hall–Kier alpha value is -2.10. The molecule has 0 saturated carbocycles. The van der Waals surface area contributed by atoms with Crippen molar-refractivity contribution >= 4 is 34.0 Å². The molecule has 3 aromatic heterocycles. The average Bonchev–Trinajstić information content (AvgIpc) is 3.42. The first-order valence-electron chi connectivity index (χ1n) is 9.78. The third-order valence-electron chi connectivity index (χ3n) is 5.05. The molecule has 30 heavy (non-hydrogen) atoms. The third kappa shape index (κ3) is 2.94. The largest absolute Gasteiger partial charge is 0.487 e. The highest BCUT2D eigenvalue weighted by Gasteiger charge is 2.36. The minimum absolute atomic E-state index is 0.0891. The van der Waals surface area contributed by atoms with E-state index in [1.54, 1.807) is 34.0 Å². The van der Waals surface area contributed by atoms with E-state index in [-0.39, 0.29) is 5.41 Å². The molecule has 0 radical (unpaired) electrons. The molecule has 0 amide bonds. The van der Waals surface area contributed by atoms with Gasteiger partial charge in [0.15, 0.2) is 34.5 Å². The molecule has 3 aromatic rings. The van der Waals surface area contributed by atoms with Gasteiger partial charge in [-0.2, -0.15) is 0 Å². The fourth-order valence-electron chi connectivity index (χ4n) is 3.58. The Morgan fingerprint density at radius 2 is 1.07 bits per heavy atom. The van der Waals surface area contributed by atoms with Gasteiger partial charge in [0.25, 0.3) is 0 Å². The van der Waals surface area contributed by atoms with Crippen LogP contribution in [0.15, 0.2) is 10.8 Å². The Morgan fingerprint density at radius 3 is 1.57 bits per heavy atom. The van der Waals surface area contributed by atoms with Crippen molar-refractivity contribution in [2.24, 2.45) is 5.41 Å². The normalized spacial score (nSPS) is 18.7. The monoisotopic (exact) mass is 464 g/mol. The molecule has 0 saturated heterocycles. The quantitative estimate of drug-likeness (QED) is 0.496. The molecule has 0 N–H and O–H groups in total. The lowest BCUT2D eigenvalue weighted by Gasteiger charge is -2.20. The second-order valence-corrected chi connectivity index (χ2v) is 10.9. The summed E-state index contributed by atoms with van der Waals surface area (Å²) in [4.78, 5) is 4.05. The molecule has 0 unspecified atom stereocenters. The summed E-state index contributed by atoms with van der Waals surface area (Å²) in [6.07, 6.45) is 0. The fraction of sp³-hybridized carbons (Fsp3) is 0.429. The van der Waals surface area contributed by atoms with E-state index in [2.05, 4.69) is 13.8 Å². The fourth-order valence-corrected chi connectivity index (χ4v) is 6.91. The molecule has 6 nitrogen and oxygen atoms in total. The van der Waals surface area contributed by atoms with E-state index in [0.717, 1.165) is 54.0 Å². The molecular weight excluding hydrogens is 444 g/mol. The highest BCUT2D eigenvalue weighted by molar-refractivity contribution is 7.27. The van der Waals surface area contributed by atoms with Crippen molar-refractivity contribution < 1.29 is 28.4 Å². The summed E-state index contributed by atoms with van der Waals surface area (Å²) >= 11 is 4.86. The minimum atomic E-state index is -0.0891. The van der Waals surface area contributed by atoms with E-state index in [1.807, 2.05) is 10.8 Å². The van der Waals surface area contributed by atoms with Gasteiger partial charge in [0.05, 0.1) is 32.7 Å². The predicted octanol–water partition coefficient (Wildman–Crippen LogP) is 5.54. The van der Waals surface area contributed by atoms with Gasteiger partial charge < -0.3 is 28.4 Å². The van der Waals surface area contributed by atoms with Crippen LogP contribution >= 0.6 is 34.0 Å². The van der Waals surface area contributed by atoms with Gasteiger partial charge in [0.2, 0.25) is 0 Å². The number of thiophene rings is 3. The van der Waals surface area contributed by atoms with E-state index in [0.29, 0.717) is 39.6 Å². The van der Waals surface area contributed by atoms with E-state index in [9.17, 15) is 0 Å². The summed E-state index contributed by atoms with van der Waals surface area (Å²) in [5.41, 5.74) is -0.0891. The number of fused-ring (bicyclic) bond motifs is 3. The van der Waals surface area contributed by atoms with Gasteiger partial charge in [-0.25, -0.2) is 0 Å². The van der Waals surface area contributed by atoms with Crippen molar-refractivity contribution in [1.29, 1.82) is 0 Å². The van der Waals surface area contributed by atoms with Crippen LogP contribution in [0.4, 0.5) is 0 Å². The molecule has 3 aliphatic heterocycles. The molecule has 6 heterocycles. The molecule has 158 valence electrons. The zero-order valence-corrected chi connectivity index (χ0v) is 19.0. The van der Waals surface area contributed by atoms with Crippen LogP contribution < -0.4 is 28.4 Å². The molecule has 0 aliphatic carbocycles. The summed E-state index contributed by atoms with van der Waals surface area (Å²) in [6.45, 7) is 7.70. The van der Waals surface area contributed by atoms with Crippen molar-refractivity contribution in [2.45, 2.75) is 13.8 Å². The molecule has 9 heteroatoms. The standard InChI is InChI=1S/C21H20O6S3/c1-21(2)9-26-15-16(27-10-21)20(18-14-12(8-29-18)23-4-6-25-14)30-19(15)17-13-11(7-28-17)22-3-5-24-13/h7-8H,3-6,9-10H2,1-2H3. The van der Waals surface area contributed by atoms with Crippen LogP contribution in [-0.2, 0) is 0 Å². The summed E-state index contributed by atoms with van der Waals surface area (Å²) < 4.78 is 36.2. The van der Waals surface area contributed by atoms with Crippen molar-refractivity contribution in [3.63, 3.8) is 0 Å². The van der Waals surface area contributed by atoms with Gasteiger partial charge in [-0.1, -0.05) is 13.8 Å². The minimum Gasteiger partial charge on any atom is -0.487 e. The maximum atomic E-state index is 6.36. The Balaban J connectivity index is 1.53. The second kappa shape index (κ2) is 6.96. The topological polar surface area (TPSA) is 55.4 Å². The van der Waals surface area contributed by atoms with Crippen molar-refractivity contribution in [3.05, 3.63) is 10.8 Å². The van der Waals surface area contributed by atoms with Gasteiger partial charge in [0, 0.05) is 16.2 Å². The van der Waals surface area contributed by atoms with Gasteiger partial charge in [0.1, 0.15) is 26.4 Å². The number of ether oxygens (including phenoxy) is 6. The molecule has 0 fully saturated rings. The number of rotatable bonds is 2. The Kier molecular flexibility index (Phi) is 4.33. The van der Waals surface area contributed by atoms with E-state index in [1.165, 1.54) is 0 Å². The number of hydrogen-bond acceptors (Lipinski definition) is 9. The molecule has 0 atom stereocenters. The third-order valence-corrected chi connectivity index (χ3v) is 8.41. The summed E-state index contributed by atoms with van der Waals surface area (Å²) in [5, 5.41) is 4.00. The van der Waals surface area contributed by atoms with E-state index < -0.39 is 0 Å². The maximum absolute atomic E-state index is 6.36. The van der Waals surface area contributed by atoms with Gasteiger partial charge in [-0.3, -0.25) is 0 Å². The Morgan fingerprint density at radius 1 is 0.600 bits per heavy atom. The number of hydrogen-bond donors (Lipinski definition) is 0. The van der Waals surface area contributed by atoms with E-state index >= 15 is 0 Å². The summed E-state index contributed by atoms with van der Waals surface area (Å²) in [5.74, 6) is 4.73. The van der Waals surface area contributed by atoms with Gasteiger partial charge in [-0.05, 0) is 0 Å². The van der Waals surface area contributed by atoms with Crippen LogP contribution in [0.3, 0.4) is 0 Å².